The molecule has 2 aliphatic rings. The molecule has 1 aliphatic carbocycles. The summed E-state index contributed by atoms with van der Waals surface area (Å²) in [5.41, 5.74) is 10.8. The number of carbonyl (C=O) groups is 1. The number of aliphatic hydroxyl groups excluding tert-OH is 1. The number of fused-ring (bicyclic) bond motifs is 1. The topological polar surface area (TPSA) is 108 Å². The molecule has 0 saturated carbocycles. The van der Waals surface area contributed by atoms with E-state index in [4.69, 9.17) is 10.7 Å². The van der Waals surface area contributed by atoms with Crippen molar-refractivity contribution in [2.45, 2.75) is 46.1 Å². The van der Waals surface area contributed by atoms with Gasteiger partial charge in [0, 0.05) is 62.3 Å². The van der Waals surface area contributed by atoms with Gasteiger partial charge in [0.15, 0.2) is 0 Å². The summed E-state index contributed by atoms with van der Waals surface area (Å²) < 4.78 is 0. The Labute approximate surface area is 208 Å². The summed E-state index contributed by atoms with van der Waals surface area (Å²) in [5.74, 6) is 1.60. The van der Waals surface area contributed by atoms with Crippen molar-refractivity contribution in [2.75, 3.05) is 42.9 Å². The number of carbonyl (C=O) groups excluding carboxylic acids is 1. The molecule has 2 unspecified atom stereocenters. The third kappa shape index (κ3) is 6.18. The van der Waals surface area contributed by atoms with Crippen LogP contribution in [-0.4, -0.2) is 65.0 Å². The number of piperazine rings is 1. The van der Waals surface area contributed by atoms with Crippen LogP contribution in [0.5, 0.6) is 0 Å². The van der Waals surface area contributed by atoms with Gasteiger partial charge in [-0.2, -0.15) is 0 Å². The third-order valence-corrected chi connectivity index (χ3v) is 6.92. The Morgan fingerprint density at radius 2 is 1.83 bits per heavy atom. The summed E-state index contributed by atoms with van der Waals surface area (Å²) in [4.78, 5) is 24.9. The van der Waals surface area contributed by atoms with Crippen molar-refractivity contribution in [3.8, 4) is 0 Å². The normalized spacial score (nSPS) is 18.4. The van der Waals surface area contributed by atoms with Crippen LogP contribution < -0.4 is 16.0 Å². The van der Waals surface area contributed by atoms with Gasteiger partial charge in [-0.25, -0.2) is 9.97 Å². The maximum absolute atomic E-state index is 10.8. The van der Waals surface area contributed by atoms with E-state index in [1.54, 1.807) is 0 Å². The molecule has 8 nitrogen and oxygen atoms in total. The van der Waals surface area contributed by atoms with Crippen LogP contribution in [0.4, 0.5) is 17.3 Å². The number of nitrogens with one attached hydrogen (secondary N) is 1. The zero-order chi connectivity index (χ0) is 24.9. The van der Waals surface area contributed by atoms with Gasteiger partial charge >= 0.3 is 0 Å². The van der Waals surface area contributed by atoms with E-state index >= 15 is 0 Å². The van der Waals surface area contributed by atoms with Gasteiger partial charge in [0.25, 0.3) is 0 Å². The summed E-state index contributed by atoms with van der Waals surface area (Å²) >= 11 is 0. The molecule has 1 aromatic carbocycles. The maximum atomic E-state index is 10.8. The number of rotatable bonds is 9. The number of aldehydes is 1. The zero-order valence-electron chi connectivity index (χ0n) is 21.1. The molecule has 2 aromatic rings. The highest BCUT2D eigenvalue weighted by Crippen LogP contribution is 2.34. The Bertz CT molecular complexity index is 1040. The molecule has 2 atom stereocenters. The Balaban J connectivity index is 1.34. The number of aliphatic hydroxyl groups is 1. The average Bonchev–Trinajstić information content (AvgIpc) is 2.84. The minimum absolute atomic E-state index is 0.202. The standard InChI is InChI=1S/C27H38N6O2/c1-18(2)25-24(35)9-4-20-15-29-27(31-26(20)25)30-22-5-7-23(8-6-22)33-12-10-32(11-13-33)16-19(3)14-21(28)17-34/h5-8,15,17-19,21,35H,4,9-14,16,28H2,1-3H3,(H,29,30,31). The van der Waals surface area contributed by atoms with E-state index in [1.807, 2.05) is 6.20 Å². The van der Waals surface area contributed by atoms with Crippen LogP contribution in [0.1, 0.15) is 44.9 Å². The van der Waals surface area contributed by atoms with E-state index in [1.165, 1.54) is 5.69 Å². The molecule has 35 heavy (non-hydrogen) atoms. The van der Waals surface area contributed by atoms with Gasteiger partial charge in [-0.3, -0.25) is 4.90 Å². The molecule has 2 heterocycles. The minimum atomic E-state index is -0.356. The summed E-state index contributed by atoms with van der Waals surface area (Å²) in [6.07, 6.45) is 4.88. The van der Waals surface area contributed by atoms with Gasteiger partial charge in [0.05, 0.1) is 17.5 Å². The monoisotopic (exact) mass is 478 g/mol. The van der Waals surface area contributed by atoms with E-state index in [0.717, 1.165) is 74.4 Å². The Morgan fingerprint density at radius 1 is 1.11 bits per heavy atom. The Morgan fingerprint density at radius 3 is 2.49 bits per heavy atom. The lowest BCUT2D eigenvalue weighted by molar-refractivity contribution is -0.109. The number of benzene rings is 1. The van der Waals surface area contributed by atoms with Crippen molar-refractivity contribution < 1.29 is 9.90 Å². The first kappa shape index (κ1) is 25.1. The molecule has 188 valence electrons. The van der Waals surface area contributed by atoms with Crippen LogP contribution in [0.15, 0.2) is 36.2 Å². The van der Waals surface area contributed by atoms with E-state index in [0.29, 0.717) is 24.0 Å². The second kappa shape index (κ2) is 11.2. The molecule has 1 saturated heterocycles. The van der Waals surface area contributed by atoms with Crippen molar-refractivity contribution in [1.82, 2.24) is 14.9 Å². The molecule has 0 bridgehead atoms. The fourth-order valence-corrected chi connectivity index (χ4v) is 5.12. The molecule has 0 radical (unpaired) electrons. The highest BCUT2D eigenvalue weighted by Gasteiger charge is 2.24. The number of anilines is 3. The summed E-state index contributed by atoms with van der Waals surface area (Å²) in [6.45, 7) is 11.3. The smallest absolute Gasteiger partial charge is 0.227 e. The minimum Gasteiger partial charge on any atom is -0.512 e. The molecule has 4 N–H and O–H groups in total. The number of hydrogen-bond donors (Lipinski definition) is 3. The molecule has 0 amide bonds. The van der Waals surface area contributed by atoms with Gasteiger partial charge in [-0.1, -0.05) is 20.8 Å². The van der Waals surface area contributed by atoms with Gasteiger partial charge in [-0.05, 0) is 54.5 Å². The van der Waals surface area contributed by atoms with Crippen LogP contribution in [0.25, 0.3) is 5.57 Å². The highest BCUT2D eigenvalue weighted by atomic mass is 16.3. The molecule has 8 heteroatoms. The molecule has 1 fully saturated rings. The van der Waals surface area contributed by atoms with E-state index in [2.05, 4.69) is 65.1 Å². The van der Waals surface area contributed by atoms with E-state index in [-0.39, 0.29) is 12.0 Å². The second-order valence-electron chi connectivity index (χ2n) is 10.2. The van der Waals surface area contributed by atoms with Crippen LogP contribution in [0, 0.1) is 11.8 Å². The van der Waals surface area contributed by atoms with Gasteiger partial charge < -0.3 is 25.9 Å². The fraction of sp³-hybridized carbons (Fsp3) is 0.519. The van der Waals surface area contributed by atoms with Crippen LogP contribution in [-0.2, 0) is 11.2 Å². The lowest BCUT2D eigenvalue weighted by Crippen LogP contribution is -2.48. The number of nitrogens with zero attached hydrogens (tertiary/aromatic N) is 4. The van der Waals surface area contributed by atoms with Crippen molar-refractivity contribution >= 4 is 29.2 Å². The number of allylic oxidation sites excluding steroid dienone is 2. The van der Waals surface area contributed by atoms with Crippen molar-refractivity contribution in [3.63, 3.8) is 0 Å². The molecule has 4 rings (SSSR count). The maximum Gasteiger partial charge on any atom is 0.227 e. The van der Waals surface area contributed by atoms with Crippen molar-refractivity contribution in [1.29, 1.82) is 0 Å². The summed E-state index contributed by atoms with van der Waals surface area (Å²) in [5, 5.41) is 13.7. The predicted octanol–water partition coefficient (Wildman–Crippen LogP) is 3.77. The number of hydrogen-bond acceptors (Lipinski definition) is 8. The Kier molecular flexibility index (Phi) is 8.03. The van der Waals surface area contributed by atoms with Crippen LogP contribution in [0.2, 0.25) is 0 Å². The quantitative estimate of drug-likeness (QED) is 0.468. The SMILES string of the molecule is CC(CC(N)C=O)CN1CCN(c2ccc(Nc3ncc4c(n3)C(C(C)C)=C(O)CC4)cc2)CC1. The molecule has 1 aromatic heterocycles. The summed E-state index contributed by atoms with van der Waals surface area (Å²) in [7, 11) is 0. The number of nitrogens with two attached hydrogens (primary N) is 1. The molecule has 1 aliphatic heterocycles. The first-order chi connectivity index (χ1) is 16.8. The molecule has 0 spiro atoms. The number of aromatic nitrogens is 2. The summed E-state index contributed by atoms with van der Waals surface area (Å²) in [6, 6.07) is 8.03. The van der Waals surface area contributed by atoms with Gasteiger partial charge in [-0.15, -0.1) is 0 Å². The molecular formula is C27H38N6O2. The largest absolute Gasteiger partial charge is 0.512 e. The zero-order valence-corrected chi connectivity index (χ0v) is 21.1. The lowest BCUT2D eigenvalue weighted by atomic mass is 9.88. The average molecular weight is 479 g/mol. The first-order valence-corrected chi connectivity index (χ1v) is 12.7. The fourth-order valence-electron chi connectivity index (χ4n) is 5.12. The van der Waals surface area contributed by atoms with E-state index < -0.39 is 0 Å². The predicted molar refractivity (Wildman–Crippen MR) is 141 cm³/mol. The highest BCUT2D eigenvalue weighted by molar-refractivity contribution is 5.71. The first-order valence-electron chi connectivity index (χ1n) is 12.7. The Hall–Kier alpha value is -2.97. The van der Waals surface area contributed by atoms with Crippen LogP contribution in [0.3, 0.4) is 0 Å². The van der Waals surface area contributed by atoms with Crippen molar-refractivity contribution in [3.05, 3.63) is 47.5 Å². The second-order valence-corrected chi connectivity index (χ2v) is 10.2. The van der Waals surface area contributed by atoms with E-state index in [9.17, 15) is 9.90 Å². The van der Waals surface area contributed by atoms with Crippen LogP contribution >= 0.6 is 0 Å². The molecular weight excluding hydrogens is 440 g/mol. The van der Waals surface area contributed by atoms with Crippen molar-refractivity contribution in [2.24, 2.45) is 17.6 Å². The third-order valence-electron chi connectivity index (χ3n) is 6.92. The number of aryl methyl sites for hydroxylation is 1. The lowest BCUT2D eigenvalue weighted by Gasteiger charge is -2.37. The van der Waals surface area contributed by atoms with Gasteiger partial charge in [0.1, 0.15) is 6.29 Å². The van der Waals surface area contributed by atoms with Gasteiger partial charge in [0.2, 0.25) is 5.95 Å².